The average molecular weight is 415 g/mol. The van der Waals surface area contributed by atoms with Crippen LogP contribution in [-0.4, -0.2) is 58.1 Å². The van der Waals surface area contributed by atoms with Crippen molar-refractivity contribution in [2.75, 3.05) is 38.2 Å². The van der Waals surface area contributed by atoms with Gasteiger partial charge in [0, 0.05) is 62.8 Å². The number of likely N-dealkylation sites (tertiary alicyclic amines) is 1. The second-order valence-electron chi connectivity index (χ2n) is 8.18. The van der Waals surface area contributed by atoms with Crippen LogP contribution in [0.15, 0.2) is 47.5 Å². The summed E-state index contributed by atoms with van der Waals surface area (Å²) in [5, 5.41) is 3.16. The maximum atomic E-state index is 12.8. The third-order valence-corrected chi connectivity index (χ3v) is 6.81. The molecule has 2 aliphatic rings. The zero-order valence-corrected chi connectivity index (χ0v) is 17.8. The first-order chi connectivity index (χ1) is 14.2. The molecule has 1 saturated heterocycles. The highest BCUT2D eigenvalue weighted by atomic mass is 32.2. The van der Waals surface area contributed by atoms with Crippen LogP contribution in [0.5, 0.6) is 0 Å². The van der Waals surface area contributed by atoms with Gasteiger partial charge in [0.2, 0.25) is 5.91 Å². The van der Waals surface area contributed by atoms with Crippen LogP contribution in [0, 0.1) is 5.92 Å². The number of thioether (sulfide) groups is 1. The topological polar surface area (TPSA) is 59.3 Å². The summed E-state index contributed by atoms with van der Waals surface area (Å²) in [7, 11) is 0. The number of amides is 1. The minimum Gasteiger partial charge on any atom is -0.353 e. The van der Waals surface area contributed by atoms with Crippen LogP contribution in [-0.2, 0) is 11.3 Å². The van der Waals surface area contributed by atoms with Crippen LogP contribution in [0.25, 0.3) is 0 Å². The summed E-state index contributed by atoms with van der Waals surface area (Å²) in [6.45, 7) is 4.30. The van der Waals surface area contributed by atoms with Crippen LogP contribution >= 0.6 is 11.8 Å². The quantitative estimate of drug-likeness (QED) is 0.719. The molecule has 156 valence electrons. The van der Waals surface area contributed by atoms with E-state index in [9.17, 15) is 9.59 Å². The van der Waals surface area contributed by atoms with Crippen molar-refractivity contribution in [2.24, 2.45) is 5.92 Å². The molecule has 0 radical (unpaired) electrons. The number of fused-ring (bicyclic) bond motifs is 4. The number of pyridine rings is 1. The van der Waals surface area contributed by atoms with Gasteiger partial charge in [-0.25, -0.2) is 0 Å². The Balaban J connectivity index is 1.32. The van der Waals surface area contributed by atoms with E-state index in [0.29, 0.717) is 18.4 Å². The van der Waals surface area contributed by atoms with Gasteiger partial charge in [-0.05, 0) is 49.0 Å². The molecule has 0 spiro atoms. The SMILES string of the molecule is CSCC[C@@H](C(=O)NCCN1C[C@H]2C[C@@H](C1)c1cccc(=O)n1C2)n1cccc1. The molecule has 2 aromatic rings. The highest BCUT2D eigenvalue weighted by molar-refractivity contribution is 7.98. The normalized spacial score (nSPS) is 22.1. The molecule has 29 heavy (non-hydrogen) atoms. The fraction of sp³-hybridized carbons (Fsp3) is 0.545. The first kappa shape index (κ1) is 20.3. The van der Waals surface area contributed by atoms with Gasteiger partial charge in [0.15, 0.2) is 0 Å². The van der Waals surface area contributed by atoms with Crippen LogP contribution in [0.1, 0.15) is 30.5 Å². The number of hydrogen-bond acceptors (Lipinski definition) is 4. The number of aromatic nitrogens is 2. The molecule has 1 N–H and O–H groups in total. The molecule has 1 amide bonds. The Labute approximate surface area is 176 Å². The summed E-state index contributed by atoms with van der Waals surface area (Å²) in [5.74, 6) is 2.00. The fourth-order valence-electron chi connectivity index (χ4n) is 4.83. The number of hydrogen-bond donors (Lipinski definition) is 1. The van der Waals surface area contributed by atoms with Gasteiger partial charge in [-0.2, -0.15) is 11.8 Å². The molecule has 0 aromatic carbocycles. The minimum atomic E-state index is -0.142. The number of rotatable bonds is 8. The minimum absolute atomic E-state index is 0.101. The van der Waals surface area contributed by atoms with E-state index in [4.69, 9.17) is 0 Å². The highest BCUT2D eigenvalue weighted by Gasteiger charge is 2.34. The second kappa shape index (κ2) is 9.22. The van der Waals surface area contributed by atoms with Crippen molar-refractivity contribution in [1.29, 1.82) is 0 Å². The van der Waals surface area contributed by atoms with E-state index in [1.165, 1.54) is 5.69 Å². The van der Waals surface area contributed by atoms with E-state index >= 15 is 0 Å². The van der Waals surface area contributed by atoms with E-state index in [-0.39, 0.29) is 17.5 Å². The molecular formula is C22H30N4O2S. The lowest BCUT2D eigenvalue weighted by molar-refractivity contribution is -0.124. The van der Waals surface area contributed by atoms with Crippen LogP contribution in [0.3, 0.4) is 0 Å². The number of nitrogens with one attached hydrogen (secondary N) is 1. The van der Waals surface area contributed by atoms with E-state index in [1.807, 2.05) is 39.7 Å². The summed E-state index contributed by atoms with van der Waals surface area (Å²) in [6.07, 6.45) is 8.01. The molecule has 2 aromatic heterocycles. The van der Waals surface area contributed by atoms with Gasteiger partial charge in [0.05, 0.1) is 0 Å². The Bertz CT molecular complexity index is 879. The predicted molar refractivity (Wildman–Crippen MR) is 117 cm³/mol. The first-order valence-corrected chi connectivity index (χ1v) is 11.9. The smallest absolute Gasteiger partial charge is 0.250 e. The van der Waals surface area contributed by atoms with Crippen LogP contribution in [0.4, 0.5) is 0 Å². The lowest BCUT2D eigenvalue weighted by Gasteiger charge is -2.42. The summed E-state index contributed by atoms with van der Waals surface area (Å²) >= 11 is 1.77. The van der Waals surface area contributed by atoms with Crippen molar-refractivity contribution in [3.05, 3.63) is 58.8 Å². The number of piperidine rings is 1. The molecule has 7 heteroatoms. The van der Waals surface area contributed by atoms with E-state index in [0.717, 1.165) is 44.8 Å². The lowest BCUT2D eigenvalue weighted by Crippen LogP contribution is -2.49. The Kier molecular flexibility index (Phi) is 6.45. The maximum Gasteiger partial charge on any atom is 0.250 e. The summed E-state index contributed by atoms with van der Waals surface area (Å²) in [6, 6.07) is 9.43. The fourth-order valence-corrected chi connectivity index (χ4v) is 5.29. The molecule has 4 heterocycles. The third kappa shape index (κ3) is 4.61. The van der Waals surface area contributed by atoms with Crippen LogP contribution in [0.2, 0.25) is 0 Å². The predicted octanol–water partition coefficient (Wildman–Crippen LogP) is 2.18. The zero-order chi connectivity index (χ0) is 20.2. The van der Waals surface area contributed by atoms with Crippen molar-refractivity contribution < 1.29 is 4.79 Å². The van der Waals surface area contributed by atoms with Crippen LogP contribution < -0.4 is 10.9 Å². The molecule has 0 unspecified atom stereocenters. The molecule has 3 atom stereocenters. The number of carbonyl (C=O) groups excluding carboxylic acids is 1. The van der Waals surface area contributed by atoms with Crippen molar-refractivity contribution in [3.8, 4) is 0 Å². The zero-order valence-electron chi connectivity index (χ0n) is 17.0. The Morgan fingerprint density at radius 2 is 2.03 bits per heavy atom. The Morgan fingerprint density at radius 3 is 2.83 bits per heavy atom. The molecule has 2 aliphatic heterocycles. The second-order valence-corrected chi connectivity index (χ2v) is 9.16. The molecule has 4 rings (SSSR count). The molecule has 2 bridgehead atoms. The van der Waals surface area contributed by atoms with Gasteiger partial charge in [-0.15, -0.1) is 0 Å². The Morgan fingerprint density at radius 1 is 1.21 bits per heavy atom. The van der Waals surface area contributed by atoms with Gasteiger partial charge >= 0.3 is 0 Å². The maximum absolute atomic E-state index is 12.8. The van der Waals surface area contributed by atoms with Crippen molar-refractivity contribution in [3.63, 3.8) is 0 Å². The molecular weight excluding hydrogens is 384 g/mol. The summed E-state index contributed by atoms with van der Waals surface area (Å²) < 4.78 is 3.97. The first-order valence-electron chi connectivity index (χ1n) is 10.5. The molecule has 6 nitrogen and oxygen atoms in total. The van der Waals surface area contributed by atoms with E-state index in [1.54, 1.807) is 17.8 Å². The number of carbonyl (C=O) groups is 1. The largest absolute Gasteiger partial charge is 0.353 e. The molecule has 0 saturated carbocycles. The molecule has 0 aliphatic carbocycles. The van der Waals surface area contributed by atoms with Gasteiger partial charge in [-0.3, -0.25) is 9.59 Å². The summed E-state index contributed by atoms with van der Waals surface area (Å²) in [4.78, 5) is 27.4. The highest BCUT2D eigenvalue weighted by Crippen LogP contribution is 2.34. The van der Waals surface area contributed by atoms with Gasteiger partial charge in [0.1, 0.15) is 6.04 Å². The Hall–Kier alpha value is -1.99. The lowest BCUT2D eigenvalue weighted by atomic mass is 9.83. The van der Waals surface area contributed by atoms with Gasteiger partial charge in [0.25, 0.3) is 5.56 Å². The standard InChI is InChI=1S/C22H30N4O2S/c1-29-12-7-20(25-9-2-3-10-25)22(28)23-8-11-24-14-17-13-18(16-24)19-5-4-6-21(27)26(19)15-17/h2-6,9-10,17-18,20H,7-8,11-16H2,1H3,(H,23,28)/t17-,18+,20+/m1/s1. The van der Waals surface area contributed by atoms with E-state index in [2.05, 4.69) is 22.5 Å². The number of nitrogens with zero attached hydrogens (tertiary/aromatic N) is 3. The van der Waals surface area contributed by atoms with Crippen molar-refractivity contribution >= 4 is 17.7 Å². The summed E-state index contributed by atoms with van der Waals surface area (Å²) in [5.41, 5.74) is 1.30. The van der Waals surface area contributed by atoms with Gasteiger partial charge < -0.3 is 19.4 Å². The average Bonchev–Trinajstić information content (AvgIpc) is 3.24. The monoisotopic (exact) mass is 414 g/mol. The van der Waals surface area contributed by atoms with Crippen molar-refractivity contribution in [1.82, 2.24) is 19.4 Å². The van der Waals surface area contributed by atoms with Gasteiger partial charge in [-0.1, -0.05) is 6.07 Å². The van der Waals surface area contributed by atoms with Crippen molar-refractivity contribution in [2.45, 2.75) is 31.3 Å². The third-order valence-electron chi connectivity index (χ3n) is 6.17. The molecule has 1 fully saturated rings. The van der Waals surface area contributed by atoms with E-state index < -0.39 is 0 Å².